The van der Waals surface area contributed by atoms with Crippen LogP contribution >= 0.6 is 11.6 Å². The first-order chi connectivity index (χ1) is 21.3. The summed E-state index contributed by atoms with van der Waals surface area (Å²) in [6.45, 7) is 9.40. The Balaban J connectivity index is 1.22. The summed E-state index contributed by atoms with van der Waals surface area (Å²) >= 11 is 6.62. The first kappa shape index (κ1) is 31.3. The molecule has 0 amide bonds. The predicted molar refractivity (Wildman–Crippen MR) is 175 cm³/mol. The normalized spacial score (nSPS) is 18.5. The second-order valence-corrected chi connectivity index (χ2v) is 14.5. The fourth-order valence-electron chi connectivity index (χ4n) is 6.41. The van der Waals surface area contributed by atoms with E-state index in [0.717, 1.165) is 86.0 Å². The molecule has 0 aliphatic carbocycles. The average molecular weight is 636 g/mol. The number of aromatic nitrogens is 2. The van der Waals surface area contributed by atoms with Crippen LogP contribution < -0.4 is 0 Å². The van der Waals surface area contributed by atoms with E-state index in [1.165, 1.54) is 44.2 Å². The number of halogens is 1. The molecule has 2 fully saturated rings. The number of ether oxygens (including phenoxy) is 1. The molecule has 3 aliphatic heterocycles. The molecule has 0 N–H and O–H groups in total. The van der Waals surface area contributed by atoms with Gasteiger partial charge in [-0.25, -0.2) is 8.42 Å². The molecule has 2 saturated heterocycles. The third kappa shape index (κ3) is 7.74. The standard InChI is InChI=1S/C34H42ClN5O3S/c1-44(41,42)39-19-14-33-31(26-39)34(36-40(33)18-5-17-37-20-22-43-23-21-37)30-12-13-32(35)29(24-30)11-10-27-6-8-28(9-7-27)25-38-15-3-2-4-16-38/h6-9,12-13,24H,2-5,14-23,25-26H2,1H3. The number of hydrogen-bond donors (Lipinski definition) is 0. The SMILES string of the molecule is CS(=O)(=O)N1CCc2c(c(-c3ccc(Cl)c(C#Cc4ccc(CN5CCCCC5)cc4)c3)nn2CCCN2CCOCC2)C1. The van der Waals surface area contributed by atoms with Gasteiger partial charge in [-0.15, -0.1) is 0 Å². The van der Waals surface area contributed by atoms with Crippen molar-refractivity contribution >= 4 is 21.6 Å². The molecule has 2 aromatic carbocycles. The van der Waals surface area contributed by atoms with Crippen molar-refractivity contribution in [1.82, 2.24) is 23.9 Å². The summed E-state index contributed by atoms with van der Waals surface area (Å²) < 4.78 is 34.1. The van der Waals surface area contributed by atoms with E-state index in [4.69, 9.17) is 21.4 Å². The van der Waals surface area contributed by atoms with E-state index >= 15 is 0 Å². The summed E-state index contributed by atoms with van der Waals surface area (Å²) in [5.74, 6) is 6.57. The van der Waals surface area contributed by atoms with Crippen LogP contribution in [0.25, 0.3) is 11.3 Å². The van der Waals surface area contributed by atoms with E-state index in [9.17, 15) is 8.42 Å². The molecule has 0 unspecified atom stereocenters. The molecule has 0 bridgehead atoms. The molecular weight excluding hydrogens is 594 g/mol. The highest BCUT2D eigenvalue weighted by atomic mass is 35.5. The summed E-state index contributed by atoms with van der Waals surface area (Å²) in [6.07, 6.45) is 6.81. The second-order valence-electron chi connectivity index (χ2n) is 12.1. The van der Waals surface area contributed by atoms with Gasteiger partial charge in [-0.1, -0.05) is 48.1 Å². The third-order valence-electron chi connectivity index (χ3n) is 8.91. The number of sulfonamides is 1. The smallest absolute Gasteiger partial charge is 0.211 e. The van der Waals surface area contributed by atoms with Crippen molar-refractivity contribution < 1.29 is 13.2 Å². The highest BCUT2D eigenvalue weighted by Crippen LogP contribution is 2.33. The monoisotopic (exact) mass is 635 g/mol. The van der Waals surface area contributed by atoms with Gasteiger partial charge in [0.2, 0.25) is 10.0 Å². The van der Waals surface area contributed by atoms with Crippen LogP contribution in [0.3, 0.4) is 0 Å². The summed E-state index contributed by atoms with van der Waals surface area (Å²) in [7, 11) is -3.32. The number of piperidine rings is 1. The number of likely N-dealkylation sites (tertiary alicyclic amines) is 1. The lowest BCUT2D eigenvalue weighted by Gasteiger charge is -2.27. The fraction of sp³-hybridized carbons (Fsp3) is 0.500. The van der Waals surface area contributed by atoms with Crippen LogP contribution in [0.5, 0.6) is 0 Å². The lowest BCUT2D eigenvalue weighted by Crippen LogP contribution is -2.37. The number of benzene rings is 2. The summed E-state index contributed by atoms with van der Waals surface area (Å²) in [4.78, 5) is 4.95. The molecule has 0 saturated carbocycles. The Bertz CT molecular complexity index is 1610. The molecular formula is C34H42ClN5O3S. The summed E-state index contributed by atoms with van der Waals surface area (Å²) in [5.41, 5.74) is 6.78. The van der Waals surface area contributed by atoms with Crippen LogP contribution in [-0.2, 0) is 40.8 Å². The van der Waals surface area contributed by atoms with Crippen molar-refractivity contribution in [2.45, 2.75) is 51.7 Å². The van der Waals surface area contributed by atoms with Crippen molar-refractivity contribution in [3.8, 4) is 23.1 Å². The Morgan fingerprint density at radius 1 is 0.909 bits per heavy atom. The highest BCUT2D eigenvalue weighted by molar-refractivity contribution is 7.88. The van der Waals surface area contributed by atoms with Gasteiger partial charge >= 0.3 is 0 Å². The first-order valence-corrected chi connectivity index (χ1v) is 18.0. The minimum absolute atomic E-state index is 0.320. The number of aryl methyl sites for hydroxylation is 1. The van der Waals surface area contributed by atoms with E-state index in [1.54, 1.807) is 4.31 Å². The van der Waals surface area contributed by atoms with Gasteiger partial charge in [0.25, 0.3) is 0 Å². The Kier molecular flexibility index (Phi) is 10.1. The zero-order valence-corrected chi connectivity index (χ0v) is 27.2. The second kappa shape index (κ2) is 14.2. The van der Waals surface area contributed by atoms with Crippen molar-refractivity contribution in [3.63, 3.8) is 0 Å². The van der Waals surface area contributed by atoms with E-state index in [2.05, 4.69) is 50.6 Å². The van der Waals surface area contributed by atoms with Crippen LogP contribution in [0, 0.1) is 11.8 Å². The molecule has 3 aliphatic rings. The van der Waals surface area contributed by atoms with Crippen LogP contribution in [-0.4, -0.2) is 91.0 Å². The number of morpholine rings is 1. The fourth-order valence-corrected chi connectivity index (χ4v) is 7.36. The molecule has 0 spiro atoms. The van der Waals surface area contributed by atoms with E-state index in [-0.39, 0.29) is 0 Å². The lowest BCUT2D eigenvalue weighted by atomic mass is 10.0. The first-order valence-electron chi connectivity index (χ1n) is 15.8. The zero-order valence-electron chi connectivity index (χ0n) is 25.6. The lowest BCUT2D eigenvalue weighted by molar-refractivity contribution is 0.0368. The topological polar surface area (TPSA) is 70.9 Å². The van der Waals surface area contributed by atoms with Crippen molar-refractivity contribution in [1.29, 1.82) is 0 Å². The predicted octanol–water partition coefficient (Wildman–Crippen LogP) is 4.63. The highest BCUT2D eigenvalue weighted by Gasteiger charge is 2.30. The molecule has 0 radical (unpaired) electrons. The van der Waals surface area contributed by atoms with Crippen molar-refractivity contribution in [2.75, 3.05) is 58.7 Å². The van der Waals surface area contributed by atoms with Crippen molar-refractivity contribution in [3.05, 3.63) is 75.4 Å². The van der Waals surface area contributed by atoms with E-state index in [1.807, 2.05) is 18.2 Å². The molecule has 8 nitrogen and oxygen atoms in total. The van der Waals surface area contributed by atoms with Gasteiger partial charge in [-0.05, 0) is 62.2 Å². The Hall–Kier alpha value is -2.71. The number of fused-ring (bicyclic) bond motifs is 1. The zero-order chi connectivity index (χ0) is 30.5. The maximum absolute atomic E-state index is 12.5. The molecule has 6 rings (SSSR count). The van der Waals surface area contributed by atoms with Crippen LogP contribution in [0.15, 0.2) is 42.5 Å². The summed E-state index contributed by atoms with van der Waals surface area (Å²) in [5, 5.41) is 5.65. The molecule has 234 valence electrons. The van der Waals surface area contributed by atoms with Gasteiger partial charge in [-0.3, -0.25) is 14.5 Å². The quantitative estimate of drug-likeness (QED) is 0.336. The van der Waals surface area contributed by atoms with Gasteiger partial charge in [0.15, 0.2) is 0 Å². The molecule has 10 heteroatoms. The van der Waals surface area contributed by atoms with E-state index in [0.29, 0.717) is 24.5 Å². The number of rotatable bonds is 8. The third-order valence-corrected chi connectivity index (χ3v) is 10.5. The van der Waals surface area contributed by atoms with Crippen molar-refractivity contribution in [2.24, 2.45) is 0 Å². The largest absolute Gasteiger partial charge is 0.379 e. The van der Waals surface area contributed by atoms with Gasteiger partial charge in [0, 0.05) is 80.2 Å². The average Bonchev–Trinajstić information content (AvgIpc) is 3.40. The van der Waals surface area contributed by atoms with Crippen LogP contribution in [0.1, 0.15) is 53.6 Å². The molecule has 1 aromatic heterocycles. The van der Waals surface area contributed by atoms with Gasteiger partial charge < -0.3 is 4.74 Å². The molecule has 0 atom stereocenters. The Morgan fingerprint density at radius 3 is 2.43 bits per heavy atom. The van der Waals surface area contributed by atoms with Gasteiger partial charge in [0.05, 0.1) is 30.2 Å². The van der Waals surface area contributed by atoms with Crippen LogP contribution in [0.2, 0.25) is 5.02 Å². The minimum atomic E-state index is -3.32. The molecule has 3 aromatic rings. The summed E-state index contributed by atoms with van der Waals surface area (Å²) in [6, 6.07) is 14.3. The molecule has 4 heterocycles. The number of nitrogens with zero attached hydrogens (tertiary/aromatic N) is 5. The minimum Gasteiger partial charge on any atom is -0.379 e. The number of hydrogen-bond acceptors (Lipinski definition) is 6. The van der Waals surface area contributed by atoms with E-state index < -0.39 is 10.0 Å². The Labute approximate surface area is 267 Å². The van der Waals surface area contributed by atoms with Gasteiger partial charge in [-0.2, -0.15) is 9.40 Å². The maximum Gasteiger partial charge on any atom is 0.211 e. The maximum atomic E-state index is 12.5. The molecule has 44 heavy (non-hydrogen) atoms. The Morgan fingerprint density at radius 2 is 1.68 bits per heavy atom. The van der Waals surface area contributed by atoms with Gasteiger partial charge in [0.1, 0.15) is 0 Å². The van der Waals surface area contributed by atoms with Crippen LogP contribution in [0.4, 0.5) is 0 Å².